The molecule has 0 saturated heterocycles. The first-order valence-corrected chi connectivity index (χ1v) is 8.59. The van der Waals surface area contributed by atoms with Gasteiger partial charge in [-0.15, -0.1) is 11.3 Å². The average Bonchev–Trinajstić information content (AvgIpc) is 2.97. The molecule has 1 aromatic carbocycles. The van der Waals surface area contributed by atoms with E-state index in [0.29, 0.717) is 6.61 Å². The number of thiazole rings is 1. The van der Waals surface area contributed by atoms with Crippen LogP contribution in [0.25, 0.3) is 0 Å². The molecule has 1 aliphatic heterocycles. The highest BCUT2D eigenvalue weighted by Crippen LogP contribution is 2.31. The molecule has 0 saturated carbocycles. The first-order chi connectivity index (χ1) is 11.9. The quantitative estimate of drug-likeness (QED) is 0.861. The molecule has 2 heterocycles. The Morgan fingerprint density at radius 2 is 2.16 bits per heavy atom. The molecular weight excluding hydrogens is 355 g/mol. The maximum absolute atomic E-state index is 12.5. The molecule has 2 aromatic rings. The molecule has 25 heavy (non-hydrogen) atoms. The lowest BCUT2D eigenvalue weighted by Gasteiger charge is -2.18. The predicted octanol–water partition coefficient (Wildman–Crippen LogP) is 3.88. The third-order valence-corrected chi connectivity index (χ3v) is 4.59. The highest BCUT2D eigenvalue weighted by molar-refractivity contribution is 7.09. The number of para-hydroxylation sites is 1. The molecule has 0 spiro atoms. The monoisotopic (exact) mass is 371 g/mol. The molecule has 9 heteroatoms. The van der Waals surface area contributed by atoms with Gasteiger partial charge in [0.2, 0.25) is 0 Å². The summed E-state index contributed by atoms with van der Waals surface area (Å²) in [5.41, 5.74) is -0.0479. The van der Waals surface area contributed by atoms with Gasteiger partial charge in [0.25, 0.3) is 0 Å². The van der Waals surface area contributed by atoms with Crippen LogP contribution in [0.15, 0.2) is 29.6 Å². The highest BCUT2D eigenvalue weighted by atomic mass is 32.1. The van der Waals surface area contributed by atoms with Crippen LogP contribution in [0, 0.1) is 0 Å². The molecule has 0 radical (unpaired) electrons. The van der Waals surface area contributed by atoms with Gasteiger partial charge in [0.05, 0.1) is 19.2 Å². The first-order valence-electron chi connectivity index (χ1n) is 7.71. The van der Waals surface area contributed by atoms with Gasteiger partial charge in [-0.05, 0) is 18.9 Å². The summed E-state index contributed by atoms with van der Waals surface area (Å²) < 4.78 is 43.2. The lowest BCUT2D eigenvalue weighted by atomic mass is 10.0. The zero-order chi connectivity index (χ0) is 17.9. The normalized spacial score (nSPS) is 17.2. The van der Waals surface area contributed by atoms with E-state index in [-0.39, 0.29) is 17.6 Å². The summed E-state index contributed by atoms with van der Waals surface area (Å²) in [5, 5.41) is 6.54. The van der Waals surface area contributed by atoms with Crippen LogP contribution in [0.3, 0.4) is 0 Å². The van der Waals surface area contributed by atoms with Crippen LogP contribution in [0.5, 0.6) is 5.75 Å². The summed E-state index contributed by atoms with van der Waals surface area (Å²) in [6, 6.07) is 6.81. The van der Waals surface area contributed by atoms with Crippen LogP contribution in [0.1, 0.15) is 35.1 Å². The first kappa shape index (κ1) is 17.5. The van der Waals surface area contributed by atoms with Crippen molar-refractivity contribution in [2.24, 2.45) is 0 Å². The van der Waals surface area contributed by atoms with E-state index < -0.39 is 17.9 Å². The van der Waals surface area contributed by atoms with Crippen molar-refractivity contribution in [3.05, 3.63) is 45.9 Å². The Morgan fingerprint density at radius 1 is 1.36 bits per heavy atom. The number of ether oxygens (including phenoxy) is 1. The Kier molecular flexibility index (Phi) is 5.12. The second kappa shape index (κ2) is 7.30. The Balaban J connectivity index is 1.59. The largest absolute Gasteiger partial charge is 0.493 e. The van der Waals surface area contributed by atoms with E-state index in [1.807, 2.05) is 24.3 Å². The molecule has 5 nitrogen and oxygen atoms in total. The number of carbonyl (C=O) groups excluding carboxylic acids is 1. The molecule has 134 valence electrons. The number of rotatable bonds is 3. The molecule has 0 bridgehead atoms. The maximum Gasteiger partial charge on any atom is 0.434 e. The Hall–Kier alpha value is -2.29. The van der Waals surface area contributed by atoms with Crippen molar-refractivity contribution in [3.8, 4) is 5.75 Å². The Labute approximate surface area is 146 Å². The third kappa shape index (κ3) is 4.41. The van der Waals surface area contributed by atoms with Gasteiger partial charge in [-0.3, -0.25) is 0 Å². The molecule has 1 atom stereocenters. The lowest BCUT2D eigenvalue weighted by molar-refractivity contribution is -0.140. The standard InChI is InChI=1S/C16H16F3N3O2S/c17-16(18,19)13-9-25-14(22-13)8-20-15(23)21-11-5-3-7-24-12-6-2-1-4-10(11)12/h1-2,4,6,9,11H,3,5,7-8H2,(H2,20,21,23). The molecule has 1 aliphatic rings. The average molecular weight is 371 g/mol. The molecule has 2 amide bonds. The summed E-state index contributed by atoms with van der Waals surface area (Å²) in [4.78, 5) is 15.6. The number of nitrogens with zero attached hydrogens (tertiary/aromatic N) is 1. The van der Waals surface area contributed by atoms with Gasteiger partial charge in [0.15, 0.2) is 5.69 Å². The second-order valence-electron chi connectivity index (χ2n) is 5.53. The van der Waals surface area contributed by atoms with E-state index in [9.17, 15) is 18.0 Å². The van der Waals surface area contributed by atoms with Crippen LogP contribution in [-0.2, 0) is 12.7 Å². The number of aromatic nitrogens is 1. The minimum absolute atomic E-state index is 0.0581. The molecule has 2 N–H and O–H groups in total. The van der Waals surface area contributed by atoms with Crippen molar-refractivity contribution in [3.63, 3.8) is 0 Å². The number of benzene rings is 1. The number of hydrogen-bond acceptors (Lipinski definition) is 4. The van der Waals surface area contributed by atoms with Gasteiger partial charge in [0.1, 0.15) is 10.8 Å². The van der Waals surface area contributed by atoms with Crippen molar-refractivity contribution >= 4 is 17.4 Å². The van der Waals surface area contributed by atoms with Crippen molar-refractivity contribution in [1.82, 2.24) is 15.6 Å². The van der Waals surface area contributed by atoms with Gasteiger partial charge in [-0.25, -0.2) is 9.78 Å². The molecule has 3 rings (SSSR count). The van der Waals surface area contributed by atoms with Crippen molar-refractivity contribution in [2.45, 2.75) is 31.6 Å². The van der Waals surface area contributed by atoms with Crippen molar-refractivity contribution in [2.75, 3.05) is 6.61 Å². The molecule has 0 aliphatic carbocycles. The number of amides is 2. The second-order valence-corrected chi connectivity index (χ2v) is 6.48. The molecule has 1 unspecified atom stereocenters. The number of carbonyl (C=O) groups is 1. The van der Waals surface area contributed by atoms with Gasteiger partial charge in [0, 0.05) is 10.9 Å². The van der Waals surface area contributed by atoms with Crippen molar-refractivity contribution < 1.29 is 22.7 Å². The van der Waals surface area contributed by atoms with Crippen LogP contribution < -0.4 is 15.4 Å². The molecule has 1 aromatic heterocycles. The zero-order valence-corrected chi connectivity index (χ0v) is 13.9. The predicted molar refractivity (Wildman–Crippen MR) is 86.4 cm³/mol. The summed E-state index contributed by atoms with van der Waals surface area (Å²) in [7, 11) is 0. The van der Waals surface area contributed by atoms with Gasteiger partial charge in [-0.2, -0.15) is 13.2 Å². The topological polar surface area (TPSA) is 63.2 Å². The summed E-state index contributed by atoms with van der Waals surface area (Å²) >= 11 is 0.863. The van der Waals surface area contributed by atoms with E-state index in [4.69, 9.17) is 4.74 Å². The minimum atomic E-state index is -4.47. The summed E-state index contributed by atoms with van der Waals surface area (Å²) in [6.07, 6.45) is -2.96. The SMILES string of the molecule is O=C(NCc1nc(C(F)(F)F)cs1)NC1CCCOc2ccccc21. The number of nitrogens with one attached hydrogen (secondary N) is 2. The third-order valence-electron chi connectivity index (χ3n) is 3.74. The minimum Gasteiger partial charge on any atom is -0.493 e. The number of alkyl halides is 3. The molecular formula is C16H16F3N3O2S. The number of hydrogen-bond donors (Lipinski definition) is 2. The van der Waals surface area contributed by atoms with Crippen LogP contribution in [-0.4, -0.2) is 17.6 Å². The smallest absolute Gasteiger partial charge is 0.434 e. The fraction of sp³-hybridized carbons (Fsp3) is 0.375. The van der Waals surface area contributed by atoms with E-state index in [2.05, 4.69) is 15.6 Å². The molecule has 0 fully saturated rings. The number of fused-ring (bicyclic) bond motifs is 1. The lowest BCUT2D eigenvalue weighted by Crippen LogP contribution is -2.37. The Bertz CT molecular complexity index is 748. The van der Waals surface area contributed by atoms with Gasteiger partial charge >= 0.3 is 12.2 Å². The zero-order valence-electron chi connectivity index (χ0n) is 13.1. The maximum atomic E-state index is 12.5. The van der Waals surface area contributed by atoms with E-state index in [0.717, 1.165) is 40.9 Å². The van der Waals surface area contributed by atoms with Gasteiger partial charge < -0.3 is 15.4 Å². The van der Waals surface area contributed by atoms with Crippen molar-refractivity contribution in [1.29, 1.82) is 0 Å². The van der Waals surface area contributed by atoms with Crippen LogP contribution >= 0.6 is 11.3 Å². The van der Waals surface area contributed by atoms with Gasteiger partial charge in [-0.1, -0.05) is 18.2 Å². The number of urea groups is 1. The fourth-order valence-corrected chi connectivity index (χ4v) is 3.30. The van der Waals surface area contributed by atoms with Crippen LogP contribution in [0.2, 0.25) is 0 Å². The van der Waals surface area contributed by atoms with E-state index in [1.165, 1.54) is 0 Å². The summed E-state index contributed by atoms with van der Waals surface area (Å²) in [5.74, 6) is 0.736. The fourth-order valence-electron chi connectivity index (χ4n) is 2.56. The summed E-state index contributed by atoms with van der Waals surface area (Å²) in [6.45, 7) is 0.521. The van der Waals surface area contributed by atoms with E-state index in [1.54, 1.807) is 0 Å². The van der Waals surface area contributed by atoms with Crippen LogP contribution in [0.4, 0.5) is 18.0 Å². The number of halogens is 3. The Morgan fingerprint density at radius 3 is 2.92 bits per heavy atom. The highest BCUT2D eigenvalue weighted by Gasteiger charge is 2.33. The van der Waals surface area contributed by atoms with E-state index >= 15 is 0 Å².